The third-order valence-electron chi connectivity index (χ3n) is 3.10. The molecule has 1 aromatic carbocycles. The first-order valence-corrected chi connectivity index (χ1v) is 6.64. The average Bonchev–Trinajstić information content (AvgIpc) is 2.39. The summed E-state index contributed by atoms with van der Waals surface area (Å²) in [6.07, 6.45) is 0.312. The largest absolute Gasteiger partial charge is 0.506 e. The molecule has 0 spiro atoms. The van der Waals surface area contributed by atoms with Gasteiger partial charge in [-0.15, -0.1) is 0 Å². The van der Waals surface area contributed by atoms with Crippen LogP contribution in [-0.4, -0.2) is 28.7 Å². The third-order valence-corrected chi connectivity index (χ3v) is 3.10. The molecule has 0 aliphatic rings. The van der Waals surface area contributed by atoms with Gasteiger partial charge in [0.1, 0.15) is 12.4 Å². The molecule has 0 bridgehead atoms. The molecule has 1 amide bonds. The van der Waals surface area contributed by atoms with E-state index in [0.717, 1.165) is 0 Å². The molecule has 116 valence electrons. The third kappa shape index (κ3) is 5.07. The number of hydrogen-bond donors (Lipinski definition) is 3. The Morgan fingerprint density at radius 1 is 1.33 bits per heavy atom. The summed E-state index contributed by atoms with van der Waals surface area (Å²) >= 11 is 0. The Morgan fingerprint density at radius 3 is 2.57 bits per heavy atom. The number of nitrogens with one attached hydrogen (secondary N) is 1. The monoisotopic (exact) mass is 295 g/mol. The Hall–Kier alpha value is -2.08. The van der Waals surface area contributed by atoms with Crippen LogP contribution in [0, 0.1) is 5.41 Å². The van der Waals surface area contributed by atoms with Gasteiger partial charge >= 0.3 is 5.97 Å². The zero-order chi connectivity index (χ0) is 16.0. The molecule has 0 radical (unpaired) electrons. The van der Waals surface area contributed by atoms with Gasteiger partial charge in [-0.25, -0.2) is 0 Å². The summed E-state index contributed by atoms with van der Waals surface area (Å²) in [5.74, 6) is -0.788. The van der Waals surface area contributed by atoms with Gasteiger partial charge in [-0.3, -0.25) is 9.59 Å². The number of aromatic hydroxyl groups is 1. The van der Waals surface area contributed by atoms with Crippen LogP contribution in [0.1, 0.15) is 32.8 Å². The standard InChI is InChI=1S/C15H21NO5/c1-10(18)21-9-11-4-5-13(19)12(8-11)16-14(20)15(2,3)6-7-17/h4-5,8,17,19H,6-7,9H2,1-3H3,(H,16,20). The van der Waals surface area contributed by atoms with Crippen molar-refractivity contribution in [2.24, 2.45) is 5.41 Å². The van der Waals surface area contributed by atoms with E-state index in [-0.39, 0.29) is 30.6 Å². The molecule has 0 saturated heterocycles. The Kier molecular flexibility index (Phi) is 5.72. The number of phenolic OH excluding ortho intramolecular Hbond substituents is 1. The Labute approximate surface area is 123 Å². The second kappa shape index (κ2) is 7.08. The maximum Gasteiger partial charge on any atom is 0.302 e. The first-order valence-electron chi connectivity index (χ1n) is 6.64. The smallest absolute Gasteiger partial charge is 0.302 e. The van der Waals surface area contributed by atoms with E-state index >= 15 is 0 Å². The number of esters is 1. The number of aliphatic hydroxyl groups is 1. The number of anilines is 1. The van der Waals surface area contributed by atoms with Crippen LogP contribution in [0.3, 0.4) is 0 Å². The Morgan fingerprint density at radius 2 is 2.00 bits per heavy atom. The van der Waals surface area contributed by atoms with Gasteiger partial charge in [0.2, 0.25) is 5.91 Å². The van der Waals surface area contributed by atoms with Gasteiger partial charge in [0.15, 0.2) is 0 Å². The van der Waals surface area contributed by atoms with Gasteiger partial charge in [-0.05, 0) is 24.1 Å². The van der Waals surface area contributed by atoms with E-state index in [9.17, 15) is 14.7 Å². The quantitative estimate of drug-likeness (QED) is 0.549. The average molecular weight is 295 g/mol. The maximum atomic E-state index is 12.1. The lowest BCUT2D eigenvalue weighted by atomic mass is 9.88. The number of benzene rings is 1. The van der Waals surface area contributed by atoms with Gasteiger partial charge < -0.3 is 20.3 Å². The molecule has 6 nitrogen and oxygen atoms in total. The molecule has 0 unspecified atom stereocenters. The van der Waals surface area contributed by atoms with Crippen molar-refractivity contribution in [3.8, 4) is 5.75 Å². The summed E-state index contributed by atoms with van der Waals surface area (Å²) < 4.78 is 4.87. The number of rotatable bonds is 6. The molecule has 6 heteroatoms. The van der Waals surface area contributed by atoms with Gasteiger partial charge in [0, 0.05) is 18.9 Å². The lowest BCUT2D eigenvalue weighted by Gasteiger charge is -2.22. The molecule has 0 atom stereocenters. The summed E-state index contributed by atoms with van der Waals surface area (Å²) in [6.45, 7) is 4.69. The zero-order valence-corrected chi connectivity index (χ0v) is 12.5. The van der Waals surface area contributed by atoms with Crippen LogP contribution < -0.4 is 5.32 Å². The van der Waals surface area contributed by atoms with Crippen LogP contribution in [0.4, 0.5) is 5.69 Å². The molecule has 0 aromatic heterocycles. The van der Waals surface area contributed by atoms with Crippen molar-refractivity contribution in [1.29, 1.82) is 0 Å². The highest BCUT2D eigenvalue weighted by molar-refractivity contribution is 5.96. The molecule has 0 saturated carbocycles. The lowest BCUT2D eigenvalue weighted by Crippen LogP contribution is -2.31. The van der Waals surface area contributed by atoms with Crippen LogP contribution in [0.15, 0.2) is 18.2 Å². The van der Waals surface area contributed by atoms with Crippen LogP contribution in [0.25, 0.3) is 0 Å². The fourth-order valence-corrected chi connectivity index (χ4v) is 1.64. The molecule has 0 aliphatic heterocycles. The molecule has 0 aliphatic carbocycles. The highest BCUT2D eigenvalue weighted by Gasteiger charge is 2.27. The van der Waals surface area contributed by atoms with Crippen LogP contribution >= 0.6 is 0 Å². The molecule has 0 heterocycles. The SMILES string of the molecule is CC(=O)OCc1ccc(O)c(NC(=O)C(C)(C)CCO)c1. The van der Waals surface area contributed by atoms with E-state index in [2.05, 4.69) is 5.32 Å². The fourth-order valence-electron chi connectivity index (χ4n) is 1.64. The van der Waals surface area contributed by atoms with E-state index in [1.165, 1.54) is 13.0 Å². The number of carbonyl (C=O) groups is 2. The second-order valence-corrected chi connectivity index (χ2v) is 5.44. The predicted octanol–water partition coefficient (Wildman–Crippen LogP) is 1.80. The molecule has 3 N–H and O–H groups in total. The van der Waals surface area contributed by atoms with E-state index in [1.54, 1.807) is 26.0 Å². The molecule has 21 heavy (non-hydrogen) atoms. The summed E-state index contributed by atoms with van der Waals surface area (Å²) in [4.78, 5) is 22.9. The maximum absolute atomic E-state index is 12.1. The van der Waals surface area contributed by atoms with Crippen LogP contribution in [0.2, 0.25) is 0 Å². The zero-order valence-electron chi connectivity index (χ0n) is 12.5. The van der Waals surface area contributed by atoms with Crippen LogP contribution in [-0.2, 0) is 20.9 Å². The molecule has 1 rings (SSSR count). The predicted molar refractivity (Wildman–Crippen MR) is 77.7 cm³/mol. The van der Waals surface area contributed by atoms with Crippen molar-refractivity contribution >= 4 is 17.6 Å². The highest BCUT2D eigenvalue weighted by atomic mass is 16.5. The molecular formula is C15H21NO5. The number of phenols is 1. The molecule has 0 fully saturated rings. The summed E-state index contributed by atoms with van der Waals surface area (Å²) in [7, 11) is 0. The van der Waals surface area contributed by atoms with E-state index in [4.69, 9.17) is 9.84 Å². The minimum atomic E-state index is -0.757. The summed E-state index contributed by atoms with van der Waals surface area (Å²) in [6, 6.07) is 4.57. The van der Waals surface area contributed by atoms with Crippen molar-refractivity contribution in [1.82, 2.24) is 0 Å². The topological polar surface area (TPSA) is 95.9 Å². The first kappa shape index (κ1) is 17.0. The Bertz CT molecular complexity index is 525. The number of amides is 1. The lowest BCUT2D eigenvalue weighted by molar-refractivity contribution is -0.142. The van der Waals surface area contributed by atoms with Crippen molar-refractivity contribution in [2.45, 2.75) is 33.8 Å². The minimum absolute atomic E-state index is 0.0680. The normalized spacial score (nSPS) is 11.0. The van der Waals surface area contributed by atoms with Crippen molar-refractivity contribution < 1.29 is 24.5 Å². The van der Waals surface area contributed by atoms with E-state index < -0.39 is 11.4 Å². The number of aliphatic hydroxyl groups excluding tert-OH is 1. The highest BCUT2D eigenvalue weighted by Crippen LogP contribution is 2.28. The number of ether oxygens (including phenoxy) is 1. The second-order valence-electron chi connectivity index (χ2n) is 5.44. The minimum Gasteiger partial charge on any atom is -0.506 e. The number of carbonyl (C=O) groups excluding carboxylic acids is 2. The number of hydrogen-bond acceptors (Lipinski definition) is 5. The van der Waals surface area contributed by atoms with Gasteiger partial charge in [0.05, 0.1) is 5.69 Å². The Balaban J connectivity index is 2.84. The van der Waals surface area contributed by atoms with Gasteiger partial charge in [0.25, 0.3) is 0 Å². The van der Waals surface area contributed by atoms with Gasteiger partial charge in [-0.1, -0.05) is 19.9 Å². The molecular weight excluding hydrogens is 274 g/mol. The molecule has 1 aromatic rings. The summed E-state index contributed by atoms with van der Waals surface area (Å²) in [5.41, 5.74) is 0.140. The van der Waals surface area contributed by atoms with E-state index in [0.29, 0.717) is 12.0 Å². The van der Waals surface area contributed by atoms with Crippen LogP contribution in [0.5, 0.6) is 5.75 Å². The summed E-state index contributed by atoms with van der Waals surface area (Å²) in [5, 5.41) is 21.4. The van der Waals surface area contributed by atoms with Gasteiger partial charge in [-0.2, -0.15) is 0 Å². The van der Waals surface area contributed by atoms with Crippen molar-refractivity contribution in [3.63, 3.8) is 0 Å². The fraction of sp³-hybridized carbons (Fsp3) is 0.467. The first-order chi connectivity index (χ1) is 9.76. The van der Waals surface area contributed by atoms with Crippen molar-refractivity contribution in [3.05, 3.63) is 23.8 Å². The van der Waals surface area contributed by atoms with Crippen molar-refractivity contribution in [2.75, 3.05) is 11.9 Å². The van der Waals surface area contributed by atoms with E-state index in [1.807, 2.05) is 0 Å².